The molecule has 2 aromatic carbocycles. The van der Waals surface area contributed by atoms with E-state index in [1.54, 1.807) is 41.2 Å². The van der Waals surface area contributed by atoms with Gasteiger partial charge in [-0.2, -0.15) is 4.98 Å². The molecule has 0 unspecified atom stereocenters. The minimum atomic E-state index is -0.192. The van der Waals surface area contributed by atoms with Crippen LogP contribution in [-0.2, 0) is 24.3 Å². The molecule has 0 saturated heterocycles. The Morgan fingerprint density at radius 1 is 1.09 bits per heavy atom. The van der Waals surface area contributed by atoms with Gasteiger partial charge in [-0.15, -0.1) is 5.10 Å². The second-order valence-corrected chi connectivity index (χ2v) is 10.8. The highest BCUT2D eigenvalue weighted by molar-refractivity contribution is 5.89. The Kier molecular flexibility index (Phi) is 6.85. The molecule has 3 aromatic heterocycles. The minimum absolute atomic E-state index is 0.0404. The average Bonchev–Trinajstić information content (AvgIpc) is 3.40. The Morgan fingerprint density at radius 3 is 2.81 bits per heavy atom. The number of aryl methyl sites for hydroxylation is 1. The molecule has 0 radical (unpaired) electrons. The summed E-state index contributed by atoms with van der Waals surface area (Å²) in [4.78, 5) is 36.5. The van der Waals surface area contributed by atoms with E-state index >= 15 is 0 Å². The SMILES string of the molecule is Cc1noc([C@H]2C[C@@H]2C(=O)NCc2ccc(-c3cccc(-n4ccnn4)c3)c3c2CN(C(=O)Nc2cccnc2)CC3)n1. The molecule has 43 heavy (non-hydrogen) atoms. The lowest BCUT2D eigenvalue weighted by atomic mass is 9.87. The van der Waals surface area contributed by atoms with Crippen molar-refractivity contribution in [1.82, 2.24) is 40.3 Å². The van der Waals surface area contributed by atoms with Crippen molar-refractivity contribution in [3.05, 3.63) is 102 Å². The van der Waals surface area contributed by atoms with Gasteiger partial charge in [-0.3, -0.25) is 9.78 Å². The first kappa shape index (κ1) is 26.5. The molecular weight excluding hydrogens is 546 g/mol. The van der Waals surface area contributed by atoms with Gasteiger partial charge in [0, 0.05) is 25.8 Å². The number of benzene rings is 2. The first-order chi connectivity index (χ1) is 21.0. The van der Waals surface area contributed by atoms with Gasteiger partial charge in [0.05, 0.1) is 41.8 Å². The van der Waals surface area contributed by atoms with E-state index in [0.717, 1.165) is 27.9 Å². The van der Waals surface area contributed by atoms with Gasteiger partial charge < -0.3 is 20.1 Å². The molecule has 0 spiro atoms. The molecule has 1 saturated carbocycles. The molecule has 2 atom stereocenters. The third-order valence-electron chi connectivity index (χ3n) is 7.99. The van der Waals surface area contributed by atoms with Crippen LogP contribution >= 0.6 is 0 Å². The van der Waals surface area contributed by atoms with E-state index in [1.165, 1.54) is 5.56 Å². The van der Waals surface area contributed by atoms with E-state index in [1.807, 2.05) is 30.5 Å². The van der Waals surface area contributed by atoms with Gasteiger partial charge >= 0.3 is 6.03 Å². The van der Waals surface area contributed by atoms with E-state index < -0.39 is 0 Å². The lowest BCUT2D eigenvalue weighted by Crippen LogP contribution is -2.40. The number of nitrogens with one attached hydrogen (secondary N) is 2. The number of hydrogen-bond acceptors (Lipinski definition) is 8. The lowest BCUT2D eigenvalue weighted by molar-refractivity contribution is -0.122. The summed E-state index contributed by atoms with van der Waals surface area (Å²) in [5.74, 6) is 0.818. The molecule has 5 aromatic rings. The number of pyridine rings is 1. The molecule has 1 aliphatic carbocycles. The maximum Gasteiger partial charge on any atom is 0.322 e. The number of carbonyl (C=O) groups excluding carboxylic acids is 2. The molecule has 216 valence electrons. The number of anilines is 1. The van der Waals surface area contributed by atoms with Crippen molar-refractivity contribution in [1.29, 1.82) is 0 Å². The molecule has 2 N–H and O–H groups in total. The third kappa shape index (κ3) is 5.46. The number of urea groups is 1. The standard InChI is InChI=1S/C31H29N9O3/c1-19-35-30(43-37-19)27-15-26(27)29(41)33-16-21-7-8-24(20-4-2-6-23(14-20)40-13-11-34-38-40)25-9-12-39(18-28(21)25)31(42)36-22-5-3-10-32-17-22/h2-8,10-11,13-14,17,26-27H,9,12,15-16,18H2,1H3,(H,33,41)(H,36,42)/t26-,27-/m0/s1. The van der Waals surface area contributed by atoms with Crippen LogP contribution < -0.4 is 10.6 Å². The summed E-state index contributed by atoms with van der Waals surface area (Å²) in [5.41, 5.74) is 6.86. The maximum atomic E-state index is 13.2. The Bertz CT molecular complexity index is 1790. The zero-order chi connectivity index (χ0) is 29.3. The highest BCUT2D eigenvalue weighted by Gasteiger charge is 2.47. The largest absolute Gasteiger partial charge is 0.352 e. The van der Waals surface area contributed by atoms with Crippen LogP contribution in [0.3, 0.4) is 0 Å². The number of amides is 3. The van der Waals surface area contributed by atoms with E-state index in [2.05, 4.69) is 54.3 Å². The van der Waals surface area contributed by atoms with E-state index in [-0.39, 0.29) is 23.8 Å². The van der Waals surface area contributed by atoms with Crippen LogP contribution in [0.4, 0.5) is 10.5 Å². The second-order valence-electron chi connectivity index (χ2n) is 10.8. The quantitative estimate of drug-likeness (QED) is 0.296. The maximum absolute atomic E-state index is 13.2. The highest BCUT2D eigenvalue weighted by atomic mass is 16.5. The Morgan fingerprint density at radius 2 is 2.02 bits per heavy atom. The van der Waals surface area contributed by atoms with Gasteiger partial charge in [-0.1, -0.05) is 34.6 Å². The fourth-order valence-electron chi connectivity index (χ4n) is 5.69. The number of aromatic nitrogens is 6. The molecule has 12 heteroatoms. The molecule has 3 amide bonds. The van der Waals surface area contributed by atoms with Crippen LogP contribution in [0.1, 0.15) is 40.7 Å². The molecule has 0 bridgehead atoms. The summed E-state index contributed by atoms with van der Waals surface area (Å²) >= 11 is 0. The summed E-state index contributed by atoms with van der Waals surface area (Å²) in [6.45, 7) is 3.08. The van der Waals surface area contributed by atoms with Crippen LogP contribution in [0.15, 0.2) is 77.8 Å². The third-order valence-corrected chi connectivity index (χ3v) is 7.99. The van der Waals surface area contributed by atoms with E-state index in [9.17, 15) is 9.59 Å². The monoisotopic (exact) mass is 575 g/mol. The Balaban J connectivity index is 1.15. The first-order valence-electron chi connectivity index (χ1n) is 14.2. The summed E-state index contributed by atoms with van der Waals surface area (Å²) < 4.78 is 7.00. The predicted octanol–water partition coefficient (Wildman–Crippen LogP) is 4.03. The molecule has 4 heterocycles. The predicted molar refractivity (Wildman–Crippen MR) is 156 cm³/mol. The lowest BCUT2D eigenvalue weighted by Gasteiger charge is -2.32. The van der Waals surface area contributed by atoms with Crippen molar-refractivity contribution in [3.8, 4) is 16.8 Å². The fourth-order valence-corrected chi connectivity index (χ4v) is 5.69. The van der Waals surface area contributed by atoms with E-state index in [0.29, 0.717) is 49.9 Å². The van der Waals surface area contributed by atoms with Gasteiger partial charge in [0.1, 0.15) is 0 Å². The van der Waals surface area contributed by atoms with Crippen molar-refractivity contribution in [3.63, 3.8) is 0 Å². The molecular formula is C31H29N9O3. The van der Waals surface area contributed by atoms with Gasteiger partial charge in [0.2, 0.25) is 11.8 Å². The van der Waals surface area contributed by atoms with Crippen molar-refractivity contribution >= 4 is 17.6 Å². The summed E-state index contributed by atoms with van der Waals surface area (Å²) in [7, 11) is 0. The normalized spacial score (nSPS) is 17.3. The summed E-state index contributed by atoms with van der Waals surface area (Å²) in [6, 6.07) is 15.7. The van der Waals surface area contributed by atoms with E-state index in [4.69, 9.17) is 4.52 Å². The van der Waals surface area contributed by atoms with Crippen LogP contribution in [0.5, 0.6) is 0 Å². The van der Waals surface area contributed by atoms with Crippen molar-refractivity contribution in [2.24, 2.45) is 5.92 Å². The second kappa shape index (κ2) is 11.1. The van der Waals surface area contributed by atoms with Gasteiger partial charge in [-0.25, -0.2) is 9.48 Å². The molecule has 2 aliphatic rings. The zero-order valence-corrected chi connectivity index (χ0v) is 23.5. The number of fused-ring (bicyclic) bond motifs is 1. The zero-order valence-electron chi connectivity index (χ0n) is 23.5. The first-order valence-corrected chi connectivity index (χ1v) is 14.2. The molecule has 12 nitrogen and oxygen atoms in total. The topological polar surface area (TPSA) is 144 Å². The van der Waals surface area contributed by atoms with Crippen molar-refractivity contribution in [2.75, 3.05) is 11.9 Å². The molecule has 1 fully saturated rings. The van der Waals surface area contributed by atoms with Crippen LogP contribution in [-0.4, -0.2) is 53.5 Å². The minimum Gasteiger partial charge on any atom is -0.352 e. The Hall–Kier alpha value is -5.39. The Labute approximate surface area is 247 Å². The van der Waals surface area contributed by atoms with Gasteiger partial charge in [-0.05, 0) is 71.8 Å². The number of hydrogen-bond donors (Lipinski definition) is 2. The number of nitrogens with zero attached hydrogens (tertiary/aromatic N) is 7. The van der Waals surface area contributed by atoms with Crippen LogP contribution in [0.25, 0.3) is 16.8 Å². The van der Waals surface area contributed by atoms with Crippen molar-refractivity contribution in [2.45, 2.75) is 38.8 Å². The average molecular weight is 576 g/mol. The fraction of sp³-hybridized carbons (Fsp3) is 0.258. The molecule has 1 aliphatic heterocycles. The summed E-state index contributed by atoms with van der Waals surface area (Å²) in [5, 5.41) is 18.0. The number of carbonyl (C=O) groups is 2. The van der Waals surface area contributed by atoms with Crippen LogP contribution in [0, 0.1) is 12.8 Å². The smallest absolute Gasteiger partial charge is 0.322 e. The van der Waals surface area contributed by atoms with Gasteiger partial charge in [0.15, 0.2) is 5.82 Å². The molecule has 7 rings (SSSR count). The summed E-state index contributed by atoms with van der Waals surface area (Å²) in [6.07, 6.45) is 8.10. The van der Waals surface area contributed by atoms with Crippen LogP contribution in [0.2, 0.25) is 0 Å². The number of rotatable bonds is 7. The van der Waals surface area contributed by atoms with Gasteiger partial charge in [0.25, 0.3) is 0 Å². The van der Waals surface area contributed by atoms with Crippen molar-refractivity contribution < 1.29 is 14.1 Å². The highest BCUT2D eigenvalue weighted by Crippen LogP contribution is 2.47.